The van der Waals surface area contributed by atoms with Crippen LogP contribution in [0.1, 0.15) is 25.7 Å². The molecule has 104 valence electrons. The van der Waals surface area contributed by atoms with E-state index < -0.39 is 0 Å². The molecule has 0 radical (unpaired) electrons. The molecule has 1 N–H and O–H groups in total. The smallest absolute Gasteiger partial charge is 0.234 e. The van der Waals surface area contributed by atoms with E-state index in [1.54, 1.807) is 11.8 Å². The van der Waals surface area contributed by atoms with Gasteiger partial charge in [0.15, 0.2) is 0 Å². The van der Waals surface area contributed by atoms with Gasteiger partial charge in [-0.1, -0.05) is 43.2 Å². The molecule has 1 fully saturated rings. The number of anilines is 1. The molecule has 0 aliphatic heterocycles. The number of fused-ring (bicyclic) bond motifs is 1. The van der Waals surface area contributed by atoms with Crippen molar-refractivity contribution in [2.75, 3.05) is 11.1 Å². The second kappa shape index (κ2) is 6.31. The fourth-order valence-electron chi connectivity index (χ4n) is 2.71. The van der Waals surface area contributed by atoms with Crippen LogP contribution in [0.15, 0.2) is 42.5 Å². The lowest BCUT2D eigenvalue weighted by atomic mass is 10.1. The Morgan fingerprint density at radius 1 is 1.10 bits per heavy atom. The Hall–Kier alpha value is -1.48. The summed E-state index contributed by atoms with van der Waals surface area (Å²) >= 11 is 1.80. The van der Waals surface area contributed by atoms with Gasteiger partial charge in [-0.2, -0.15) is 0 Å². The Kier molecular flexibility index (Phi) is 4.26. The fourth-order valence-corrected chi connectivity index (χ4v) is 3.84. The van der Waals surface area contributed by atoms with Crippen molar-refractivity contribution < 1.29 is 4.79 Å². The lowest BCUT2D eigenvalue weighted by molar-refractivity contribution is -0.113. The van der Waals surface area contributed by atoms with Crippen molar-refractivity contribution in [2.24, 2.45) is 0 Å². The summed E-state index contributed by atoms with van der Waals surface area (Å²) in [5.41, 5.74) is 0.890. The Bertz CT molecular complexity index is 605. The minimum atomic E-state index is 0.109. The van der Waals surface area contributed by atoms with Gasteiger partial charge in [-0.3, -0.25) is 4.79 Å². The minimum Gasteiger partial charge on any atom is -0.325 e. The van der Waals surface area contributed by atoms with Crippen LogP contribution in [0.5, 0.6) is 0 Å². The van der Waals surface area contributed by atoms with Gasteiger partial charge in [0.05, 0.1) is 5.75 Å². The number of carbonyl (C=O) groups excluding carboxylic acids is 1. The molecule has 2 nitrogen and oxygen atoms in total. The van der Waals surface area contributed by atoms with Crippen LogP contribution in [0.2, 0.25) is 0 Å². The number of hydrogen-bond acceptors (Lipinski definition) is 2. The Balaban J connectivity index is 1.59. The molecule has 0 saturated heterocycles. The molecule has 0 aromatic heterocycles. The molecule has 1 aliphatic carbocycles. The molecule has 20 heavy (non-hydrogen) atoms. The predicted octanol–water partition coefficient (Wildman–Crippen LogP) is 4.45. The Labute approximate surface area is 123 Å². The molecule has 3 heteroatoms. The molecule has 0 atom stereocenters. The maximum Gasteiger partial charge on any atom is 0.234 e. The van der Waals surface area contributed by atoms with E-state index in [4.69, 9.17) is 0 Å². The van der Waals surface area contributed by atoms with Crippen molar-refractivity contribution in [3.63, 3.8) is 0 Å². The third kappa shape index (κ3) is 3.34. The van der Waals surface area contributed by atoms with Gasteiger partial charge in [-0.05, 0) is 35.7 Å². The number of hydrogen-bond donors (Lipinski definition) is 1. The Morgan fingerprint density at radius 3 is 2.65 bits per heavy atom. The molecule has 0 bridgehead atoms. The molecule has 1 saturated carbocycles. The first-order valence-electron chi connectivity index (χ1n) is 7.21. The fraction of sp³-hybridized carbons (Fsp3) is 0.353. The molecular weight excluding hydrogens is 266 g/mol. The number of nitrogens with one attached hydrogen (secondary N) is 1. The highest BCUT2D eigenvalue weighted by atomic mass is 32.2. The topological polar surface area (TPSA) is 29.1 Å². The van der Waals surface area contributed by atoms with E-state index in [1.165, 1.54) is 31.1 Å². The predicted molar refractivity (Wildman–Crippen MR) is 87.3 cm³/mol. The zero-order valence-electron chi connectivity index (χ0n) is 11.5. The number of carbonyl (C=O) groups is 1. The monoisotopic (exact) mass is 285 g/mol. The van der Waals surface area contributed by atoms with Crippen molar-refractivity contribution in [3.05, 3.63) is 42.5 Å². The lowest BCUT2D eigenvalue weighted by Gasteiger charge is -2.09. The third-order valence-electron chi connectivity index (χ3n) is 3.79. The molecule has 0 heterocycles. The van der Waals surface area contributed by atoms with Crippen LogP contribution < -0.4 is 5.32 Å². The highest BCUT2D eigenvalue weighted by molar-refractivity contribution is 8.00. The van der Waals surface area contributed by atoms with Gasteiger partial charge >= 0.3 is 0 Å². The second-order valence-corrected chi connectivity index (χ2v) is 6.62. The molecular formula is C17H19NOS. The van der Waals surface area contributed by atoms with Crippen LogP contribution in [-0.4, -0.2) is 16.9 Å². The average molecular weight is 285 g/mol. The van der Waals surface area contributed by atoms with Gasteiger partial charge in [0.2, 0.25) is 5.91 Å². The third-order valence-corrected chi connectivity index (χ3v) is 5.16. The van der Waals surface area contributed by atoms with E-state index in [1.807, 2.05) is 24.3 Å². The maximum absolute atomic E-state index is 12.0. The molecule has 1 aliphatic rings. The molecule has 3 rings (SSSR count). The number of thioether (sulfide) groups is 1. The normalized spacial score (nSPS) is 15.6. The summed E-state index contributed by atoms with van der Waals surface area (Å²) in [7, 11) is 0. The first kappa shape index (κ1) is 13.5. The molecule has 0 spiro atoms. The van der Waals surface area contributed by atoms with Crippen LogP contribution in [0.25, 0.3) is 10.8 Å². The summed E-state index contributed by atoms with van der Waals surface area (Å²) in [5.74, 6) is 0.675. The first-order chi connectivity index (χ1) is 9.81. The van der Waals surface area contributed by atoms with E-state index in [0.29, 0.717) is 11.0 Å². The van der Waals surface area contributed by atoms with Crippen LogP contribution in [0, 0.1) is 0 Å². The minimum absolute atomic E-state index is 0.109. The van der Waals surface area contributed by atoms with E-state index in [9.17, 15) is 4.79 Å². The van der Waals surface area contributed by atoms with Gasteiger partial charge < -0.3 is 5.32 Å². The lowest BCUT2D eigenvalue weighted by Crippen LogP contribution is -2.15. The van der Waals surface area contributed by atoms with Crippen LogP contribution in [-0.2, 0) is 4.79 Å². The van der Waals surface area contributed by atoms with E-state index in [-0.39, 0.29) is 5.91 Å². The van der Waals surface area contributed by atoms with Gasteiger partial charge in [-0.25, -0.2) is 0 Å². The van der Waals surface area contributed by atoms with Crippen LogP contribution in [0.3, 0.4) is 0 Å². The van der Waals surface area contributed by atoms with Crippen molar-refractivity contribution in [3.8, 4) is 0 Å². The zero-order chi connectivity index (χ0) is 13.8. The number of amides is 1. The second-order valence-electron chi connectivity index (χ2n) is 5.33. The van der Waals surface area contributed by atoms with Gasteiger partial charge in [-0.15, -0.1) is 11.8 Å². The van der Waals surface area contributed by atoms with Crippen LogP contribution in [0.4, 0.5) is 5.69 Å². The largest absolute Gasteiger partial charge is 0.325 e. The SMILES string of the molecule is O=C(CSC1CCCC1)Nc1ccc2ccccc2c1. The average Bonchev–Trinajstić information content (AvgIpc) is 2.98. The maximum atomic E-state index is 12.0. The summed E-state index contributed by atoms with van der Waals surface area (Å²) in [6, 6.07) is 14.3. The van der Waals surface area contributed by atoms with Crippen LogP contribution >= 0.6 is 11.8 Å². The van der Waals surface area contributed by atoms with E-state index in [2.05, 4.69) is 23.5 Å². The molecule has 0 unspecified atom stereocenters. The van der Waals surface area contributed by atoms with E-state index in [0.717, 1.165) is 11.1 Å². The van der Waals surface area contributed by atoms with E-state index >= 15 is 0 Å². The summed E-state index contributed by atoms with van der Waals surface area (Å²) in [5, 5.41) is 6.05. The van der Waals surface area contributed by atoms with Crippen molar-refractivity contribution >= 4 is 34.1 Å². The van der Waals surface area contributed by atoms with Gasteiger partial charge in [0.25, 0.3) is 0 Å². The highest BCUT2D eigenvalue weighted by Gasteiger charge is 2.16. The summed E-state index contributed by atoms with van der Waals surface area (Å²) in [6.07, 6.45) is 5.19. The molecule has 2 aromatic carbocycles. The highest BCUT2D eigenvalue weighted by Crippen LogP contribution is 2.29. The molecule has 1 amide bonds. The summed E-state index contributed by atoms with van der Waals surface area (Å²) in [4.78, 5) is 12.0. The standard InChI is InChI=1S/C17H19NOS/c19-17(12-20-16-7-3-4-8-16)18-15-10-9-13-5-1-2-6-14(13)11-15/h1-2,5-6,9-11,16H,3-4,7-8,12H2,(H,18,19). The number of benzene rings is 2. The first-order valence-corrected chi connectivity index (χ1v) is 8.26. The van der Waals surface area contributed by atoms with Crippen molar-refractivity contribution in [1.29, 1.82) is 0 Å². The van der Waals surface area contributed by atoms with Gasteiger partial charge in [0, 0.05) is 10.9 Å². The molecule has 2 aromatic rings. The number of rotatable bonds is 4. The van der Waals surface area contributed by atoms with Crippen molar-refractivity contribution in [2.45, 2.75) is 30.9 Å². The quantitative estimate of drug-likeness (QED) is 0.899. The summed E-state index contributed by atoms with van der Waals surface area (Å²) in [6.45, 7) is 0. The Morgan fingerprint density at radius 2 is 1.85 bits per heavy atom. The summed E-state index contributed by atoms with van der Waals surface area (Å²) < 4.78 is 0. The van der Waals surface area contributed by atoms with Gasteiger partial charge in [0.1, 0.15) is 0 Å². The zero-order valence-corrected chi connectivity index (χ0v) is 12.3. The van der Waals surface area contributed by atoms with Crippen molar-refractivity contribution in [1.82, 2.24) is 0 Å².